The number of hydrogen-bond acceptors (Lipinski definition) is 4. The van der Waals surface area contributed by atoms with Crippen molar-refractivity contribution < 1.29 is 34.8 Å². The van der Waals surface area contributed by atoms with Gasteiger partial charge in [0.25, 0.3) is 10.0 Å². The Balaban J connectivity index is 1.69. The fraction of sp³-hybridized carbons (Fsp3) is 0.318. The molecule has 1 aliphatic heterocycles. The quantitative estimate of drug-likeness (QED) is 0.497. The number of halogens is 6. The predicted molar refractivity (Wildman–Crippen MR) is 115 cm³/mol. The third kappa shape index (κ3) is 5.15. The van der Waals surface area contributed by atoms with Crippen molar-refractivity contribution in [3.63, 3.8) is 0 Å². The highest BCUT2D eigenvalue weighted by atomic mass is 32.2. The van der Waals surface area contributed by atoms with Crippen molar-refractivity contribution in [3.05, 3.63) is 77.7 Å². The minimum atomic E-state index is -5.23. The van der Waals surface area contributed by atoms with Gasteiger partial charge in [0, 0.05) is 44.0 Å². The molecule has 4 rings (SSSR count). The highest BCUT2D eigenvalue weighted by Crippen LogP contribution is 2.42. The molecule has 0 spiro atoms. The summed E-state index contributed by atoms with van der Waals surface area (Å²) in [5.41, 5.74) is -3.08. The molecule has 35 heavy (non-hydrogen) atoms. The van der Waals surface area contributed by atoms with Gasteiger partial charge in [-0.25, -0.2) is 13.4 Å². The van der Waals surface area contributed by atoms with Crippen LogP contribution in [0.25, 0.3) is 0 Å². The topological polar surface area (TPSA) is 67.2 Å². The first-order valence-corrected chi connectivity index (χ1v) is 11.8. The summed E-state index contributed by atoms with van der Waals surface area (Å²) >= 11 is 0. The largest absolute Gasteiger partial charge is 0.417 e. The van der Waals surface area contributed by atoms with E-state index >= 15 is 0 Å². The van der Waals surface area contributed by atoms with Gasteiger partial charge in [0.1, 0.15) is 0 Å². The Morgan fingerprint density at radius 1 is 0.943 bits per heavy atom. The molecule has 1 N–H and O–H groups in total. The Labute approximate surface area is 197 Å². The molecular formula is C22H20F6N4O2S. The third-order valence-corrected chi connectivity index (χ3v) is 7.50. The number of benzene rings is 2. The van der Waals surface area contributed by atoms with E-state index in [2.05, 4.69) is 10.3 Å². The van der Waals surface area contributed by atoms with E-state index in [1.165, 1.54) is 21.4 Å². The second-order valence-electron chi connectivity index (χ2n) is 8.22. The summed E-state index contributed by atoms with van der Waals surface area (Å²) in [4.78, 5) is 3.89. The van der Waals surface area contributed by atoms with Gasteiger partial charge in [-0.2, -0.15) is 30.6 Å². The fourth-order valence-electron chi connectivity index (χ4n) is 4.13. The lowest BCUT2D eigenvalue weighted by Crippen LogP contribution is -2.32. The van der Waals surface area contributed by atoms with E-state index in [0.717, 1.165) is 11.6 Å². The van der Waals surface area contributed by atoms with Crippen molar-refractivity contribution in [2.45, 2.75) is 29.3 Å². The summed E-state index contributed by atoms with van der Waals surface area (Å²) < 4.78 is 108. The van der Waals surface area contributed by atoms with Crippen LogP contribution in [0.4, 0.5) is 32.0 Å². The molecule has 0 amide bonds. The van der Waals surface area contributed by atoms with Crippen molar-refractivity contribution in [3.8, 4) is 0 Å². The molecule has 1 aliphatic rings. The van der Waals surface area contributed by atoms with Crippen LogP contribution in [0, 0.1) is 0 Å². The number of nitrogens with zero attached hydrogens (tertiary/aromatic N) is 3. The van der Waals surface area contributed by atoms with E-state index < -0.39 is 45.5 Å². The normalized spacial score (nSPS) is 19.7. The van der Waals surface area contributed by atoms with E-state index in [0.29, 0.717) is 12.1 Å². The monoisotopic (exact) mass is 518 g/mol. The van der Waals surface area contributed by atoms with E-state index in [9.17, 15) is 34.8 Å². The molecule has 2 heterocycles. The van der Waals surface area contributed by atoms with Gasteiger partial charge >= 0.3 is 12.4 Å². The van der Waals surface area contributed by atoms with E-state index in [1.54, 1.807) is 37.4 Å². The Kier molecular flexibility index (Phi) is 6.34. The van der Waals surface area contributed by atoms with Crippen LogP contribution in [0.1, 0.15) is 22.6 Å². The molecule has 0 bridgehead atoms. The van der Waals surface area contributed by atoms with Crippen LogP contribution in [0.15, 0.2) is 66.1 Å². The first-order valence-electron chi connectivity index (χ1n) is 10.3. The molecule has 13 heteroatoms. The predicted octanol–water partition coefficient (Wildman–Crippen LogP) is 4.73. The highest BCUT2D eigenvalue weighted by molar-refractivity contribution is 7.89. The van der Waals surface area contributed by atoms with Crippen molar-refractivity contribution in [1.29, 1.82) is 0 Å². The van der Waals surface area contributed by atoms with Gasteiger partial charge in [-0.05, 0) is 23.8 Å². The number of alkyl halides is 6. The van der Waals surface area contributed by atoms with Crippen LogP contribution in [0.5, 0.6) is 0 Å². The molecule has 2 aromatic carbocycles. The van der Waals surface area contributed by atoms with Crippen molar-refractivity contribution >= 4 is 15.7 Å². The zero-order valence-electron chi connectivity index (χ0n) is 18.2. The minimum Gasteiger partial charge on any atom is -0.380 e. The maximum absolute atomic E-state index is 13.4. The lowest BCUT2D eigenvalue weighted by Gasteiger charge is -2.23. The molecule has 2 atom stereocenters. The van der Waals surface area contributed by atoms with Gasteiger partial charge in [0.15, 0.2) is 5.03 Å². The zero-order chi connectivity index (χ0) is 25.6. The summed E-state index contributed by atoms with van der Waals surface area (Å²) in [6, 6.07) is 9.72. The summed E-state index contributed by atoms with van der Waals surface area (Å²) in [6.07, 6.45) is -7.75. The summed E-state index contributed by atoms with van der Waals surface area (Å²) in [6.45, 7) is -0.117. The van der Waals surface area contributed by atoms with Crippen LogP contribution in [-0.4, -0.2) is 41.4 Å². The van der Waals surface area contributed by atoms with E-state index in [1.807, 2.05) is 0 Å². The maximum Gasteiger partial charge on any atom is 0.417 e. The molecular weight excluding hydrogens is 498 g/mol. The standard InChI is InChI=1S/C22H20F6N4O2S/c1-31-12-20(29-13-31)35(33,34)32-10-16(14-5-3-2-4-6-14)19(11-32)30-15-7-8-17(21(23,24)25)18(9-15)22(26,27)28/h2-9,12-13,16,19,30H,10-11H2,1H3/t16-,19+/m1/s1. The molecule has 1 saturated heterocycles. The van der Waals surface area contributed by atoms with Gasteiger partial charge in [-0.3, -0.25) is 0 Å². The van der Waals surface area contributed by atoms with Crippen LogP contribution >= 0.6 is 0 Å². The SMILES string of the molecule is Cn1cnc(S(=O)(=O)N2C[C@H](Nc3ccc(C(F)(F)F)c(C(F)(F)F)c3)[C@@H](c3ccccc3)C2)c1. The number of aryl methyl sites for hydroxylation is 1. The first-order chi connectivity index (χ1) is 16.3. The second kappa shape index (κ2) is 8.86. The molecule has 0 unspecified atom stereocenters. The molecule has 0 radical (unpaired) electrons. The molecule has 1 aromatic heterocycles. The Hall–Kier alpha value is -3.06. The number of rotatable bonds is 5. The lowest BCUT2D eigenvalue weighted by atomic mass is 9.94. The maximum atomic E-state index is 13.4. The highest BCUT2D eigenvalue weighted by Gasteiger charge is 2.44. The molecule has 6 nitrogen and oxygen atoms in total. The van der Waals surface area contributed by atoms with Gasteiger partial charge in [0.2, 0.25) is 0 Å². The number of sulfonamides is 1. The Bertz CT molecular complexity index is 1310. The van der Waals surface area contributed by atoms with Crippen LogP contribution in [0.2, 0.25) is 0 Å². The van der Waals surface area contributed by atoms with Gasteiger partial charge < -0.3 is 9.88 Å². The first kappa shape index (κ1) is 25.0. The number of aromatic nitrogens is 2. The van der Waals surface area contributed by atoms with Gasteiger partial charge in [0.05, 0.1) is 17.5 Å². The fourth-order valence-corrected chi connectivity index (χ4v) is 5.59. The van der Waals surface area contributed by atoms with Gasteiger partial charge in [-0.1, -0.05) is 30.3 Å². The van der Waals surface area contributed by atoms with Crippen LogP contribution in [0.3, 0.4) is 0 Å². The number of imidazole rings is 1. The number of nitrogens with one attached hydrogen (secondary N) is 1. The van der Waals surface area contributed by atoms with Gasteiger partial charge in [-0.15, -0.1) is 0 Å². The summed E-state index contributed by atoms with van der Waals surface area (Å²) in [5, 5.41) is 2.66. The molecule has 3 aromatic rings. The molecule has 0 aliphatic carbocycles. The average Bonchev–Trinajstić information content (AvgIpc) is 3.40. The van der Waals surface area contributed by atoms with Crippen molar-refractivity contribution in [2.75, 3.05) is 18.4 Å². The smallest absolute Gasteiger partial charge is 0.380 e. The average molecular weight is 518 g/mol. The van der Waals surface area contributed by atoms with Crippen LogP contribution < -0.4 is 5.32 Å². The second-order valence-corrected chi connectivity index (χ2v) is 10.1. The van der Waals surface area contributed by atoms with Crippen molar-refractivity contribution in [1.82, 2.24) is 13.9 Å². The molecule has 0 saturated carbocycles. The van der Waals surface area contributed by atoms with Crippen molar-refractivity contribution in [2.24, 2.45) is 7.05 Å². The molecule has 1 fully saturated rings. The molecule has 188 valence electrons. The lowest BCUT2D eigenvalue weighted by molar-refractivity contribution is -0.162. The Morgan fingerprint density at radius 2 is 1.60 bits per heavy atom. The van der Waals surface area contributed by atoms with Crippen LogP contribution in [-0.2, 0) is 29.4 Å². The minimum absolute atomic E-state index is 0.00729. The number of hydrogen-bond donors (Lipinski definition) is 1. The summed E-state index contributed by atoms with van der Waals surface area (Å²) in [7, 11) is -2.40. The zero-order valence-corrected chi connectivity index (χ0v) is 19.0. The summed E-state index contributed by atoms with van der Waals surface area (Å²) in [5.74, 6) is -0.480. The van der Waals surface area contributed by atoms with E-state index in [4.69, 9.17) is 0 Å². The van der Waals surface area contributed by atoms with E-state index in [-0.39, 0.29) is 23.8 Å². The Morgan fingerprint density at radius 3 is 2.17 bits per heavy atom. The third-order valence-electron chi connectivity index (χ3n) is 5.78. The number of anilines is 1.